The molecule has 0 fully saturated rings. The number of rotatable bonds is 8. The Kier molecular flexibility index (Phi) is 7.20. The summed E-state index contributed by atoms with van der Waals surface area (Å²) in [5.74, 6) is 1.34. The van der Waals surface area contributed by atoms with Gasteiger partial charge >= 0.3 is 0 Å². The van der Waals surface area contributed by atoms with Gasteiger partial charge in [0.2, 0.25) is 0 Å². The van der Waals surface area contributed by atoms with Gasteiger partial charge in [-0.25, -0.2) is 0 Å². The Morgan fingerprint density at radius 2 is 2.05 bits per heavy atom. The first-order valence-electron chi connectivity index (χ1n) is 6.55. The topological polar surface area (TPSA) is 50.7 Å². The first kappa shape index (κ1) is 16.3. The van der Waals surface area contributed by atoms with Crippen LogP contribution in [0, 0.1) is 0 Å². The van der Waals surface area contributed by atoms with Crippen molar-refractivity contribution in [1.82, 2.24) is 5.32 Å². The fraction of sp³-hybridized carbons (Fsp3) is 0.571. The number of ether oxygens (including phenoxy) is 2. The maximum atomic E-state index is 9.30. The molecule has 0 heterocycles. The normalized spacial score (nSPS) is 12.3. The Morgan fingerprint density at radius 1 is 1.32 bits per heavy atom. The lowest BCUT2D eigenvalue weighted by Gasteiger charge is -2.16. The van der Waals surface area contributed by atoms with Crippen molar-refractivity contribution < 1.29 is 14.6 Å². The van der Waals surface area contributed by atoms with Crippen LogP contribution in [0.3, 0.4) is 0 Å². The molecule has 1 aromatic rings. The third-order valence-corrected chi connectivity index (χ3v) is 3.01. The predicted octanol–water partition coefficient (Wildman–Crippen LogP) is 2.72. The van der Waals surface area contributed by atoms with Gasteiger partial charge in [0.1, 0.15) is 6.61 Å². The van der Waals surface area contributed by atoms with E-state index in [2.05, 4.69) is 28.2 Å². The highest BCUT2D eigenvalue weighted by molar-refractivity contribution is 9.10. The van der Waals surface area contributed by atoms with Crippen molar-refractivity contribution in [2.45, 2.75) is 33.4 Å². The third-order valence-electron chi connectivity index (χ3n) is 2.42. The van der Waals surface area contributed by atoms with Gasteiger partial charge < -0.3 is 19.9 Å². The summed E-state index contributed by atoms with van der Waals surface area (Å²) in [6.07, 6.45) is -0.511. The second kappa shape index (κ2) is 8.40. The van der Waals surface area contributed by atoms with Crippen LogP contribution in [0.1, 0.15) is 26.3 Å². The molecule has 0 aliphatic rings. The van der Waals surface area contributed by atoms with Gasteiger partial charge in [0, 0.05) is 6.54 Å². The molecule has 0 radical (unpaired) electrons. The van der Waals surface area contributed by atoms with Gasteiger partial charge in [-0.05, 0) is 54.0 Å². The molecule has 5 heteroatoms. The highest BCUT2D eigenvalue weighted by Crippen LogP contribution is 2.37. The van der Waals surface area contributed by atoms with Crippen molar-refractivity contribution in [2.75, 3.05) is 19.8 Å². The van der Waals surface area contributed by atoms with Crippen LogP contribution >= 0.6 is 15.9 Å². The van der Waals surface area contributed by atoms with Gasteiger partial charge in [-0.15, -0.1) is 0 Å². The summed E-state index contributed by atoms with van der Waals surface area (Å²) in [5, 5.41) is 12.6. The van der Waals surface area contributed by atoms with E-state index < -0.39 is 6.10 Å². The van der Waals surface area contributed by atoms with Crippen LogP contribution in [0.5, 0.6) is 11.5 Å². The minimum absolute atomic E-state index is 0.241. The summed E-state index contributed by atoms with van der Waals surface area (Å²) in [6, 6.07) is 3.97. The summed E-state index contributed by atoms with van der Waals surface area (Å²) in [7, 11) is 0. The van der Waals surface area contributed by atoms with E-state index in [1.165, 1.54) is 0 Å². The molecule has 0 aliphatic heterocycles. The van der Waals surface area contributed by atoms with Crippen LogP contribution in [-0.4, -0.2) is 31.0 Å². The fourth-order valence-electron chi connectivity index (χ4n) is 1.60. The maximum Gasteiger partial charge on any atom is 0.175 e. The smallest absolute Gasteiger partial charge is 0.175 e. The van der Waals surface area contributed by atoms with E-state index in [0.29, 0.717) is 18.1 Å². The molecule has 0 saturated heterocycles. The molecule has 0 saturated carbocycles. The van der Waals surface area contributed by atoms with E-state index in [9.17, 15) is 5.11 Å². The summed E-state index contributed by atoms with van der Waals surface area (Å²) in [4.78, 5) is 0. The van der Waals surface area contributed by atoms with E-state index in [1.54, 1.807) is 6.92 Å². The highest BCUT2D eigenvalue weighted by Gasteiger charge is 2.13. The number of hydrogen-bond donors (Lipinski definition) is 2. The van der Waals surface area contributed by atoms with Gasteiger partial charge in [-0.2, -0.15) is 0 Å². The van der Waals surface area contributed by atoms with Crippen molar-refractivity contribution in [3.63, 3.8) is 0 Å². The summed E-state index contributed by atoms with van der Waals surface area (Å²) in [6.45, 7) is 8.21. The second-order valence-corrected chi connectivity index (χ2v) is 5.13. The van der Waals surface area contributed by atoms with Crippen LogP contribution in [0.25, 0.3) is 0 Å². The van der Waals surface area contributed by atoms with Crippen LogP contribution < -0.4 is 14.8 Å². The van der Waals surface area contributed by atoms with Gasteiger partial charge in [-0.1, -0.05) is 6.92 Å². The molecular weight excluding hydrogens is 310 g/mol. The van der Waals surface area contributed by atoms with Crippen LogP contribution in [-0.2, 0) is 6.54 Å². The number of benzene rings is 1. The number of nitrogens with one attached hydrogen (secondary N) is 1. The number of aliphatic hydroxyl groups excluding tert-OH is 1. The largest absolute Gasteiger partial charge is 0.490 e. The van der Waals surface area contributed by atoms with Crippen LogP contribution in [0.4, 0.5) is 0 Å². The van der Waals surface area contributed by atoms with E-state index >= 15 is 0 Å². The van der Waals surface area contributed by atoms with Gasteiger partial charge in [0.25, 0.3) is 0 Å². The fourth-order valence-corrected chi connectivity index (χ4v) is 2.20. The average Bonchev–Trinajstić information content (AvgIpc) is 2.35. The minimum atomic E-state index is -0.511. The number of aliphatic hydroxyl groups is 1. The SMILES string of the molecule is CCNCc1cc(Br)c(OCC(C)O)c(OCC)c1. The molecule has 0 amide bonds. The lowest BCUT2D eigenvalue weighted by molar-refractivity contribution is 0.119. The highest BCUT2D eigenvalue weighted by atomic mass is 79.9. The first-order valence-corrected chi connectivity index (χ1v) is 7.34. The number of hydrogen-bond acceptors (Lipinski definition) is 4. The maximum absolute atomic E-state index is 9.30. The van der Waals surface area contributed by atoms with E-state index in [1.807, 2.05) is 19.1 Å². The average molecular weight is 332 g/mol. The zero-order valence-electron chi connectivity index (χ0n) is 11.7. The molecule has 2 N–H and O–H groups in total. The number of halogens is 1. The third kappa shape index (κ3) is 5.38. The summed E-state index contributed by atoms with van der Waals surface area (Å²) < 4.78 is 12.0. The molecule has 1 aromatic carbocycles. The van der Waals surface area contributed by atoms with Gasteiger partial charge in [-0.3, -0.25) is 0 Å². The molecule has 0 aromatic heterocycles. The lowest BCUT2D eigenvalue weighted by Crippen LogP contribution is -2.15. The molecule has 108 valence electrons. The quantitative estimate of drug-likeness (QED) is 0.769. The summed E-state index contributed by atoms with van der Waals surface area (Å²) in [5.41, 5.74) is 1.13. The zero-order chi connectivity index (χ0) is 14.3. The van der Waals surface area contributed by atoms with Crippen molar-refractivity contribution in [2.24, 2.45) is 0 Å². The first-order chi connectivity index (χ1) is 9.08. The van der Waals surface area contributed by atoms with E-state index in [0.717, 1.165) is 23.1 Å². The molecule has 19 heavy (non-hydrogen) atoms. The van der Waals surface area contributed by atoms with Crippen molar-refractivity contribution in [1.29, 1.82) is 0 Å². The summed E-state index contributed by atoms with van der Waals surface area (Å²) >= 11 is 3.50. The molecule has 0 bridgehead atoms. The van der Waals surface area contributed by atoms with Gasteiger partial charge in [0.05, 0.1) is 17.2 Å². The van der Waals surface area contributed by atoms with E-state index in [-0.39, 0.29) is 6.61 Å². The Labute approximate surface area is 123 Å². The monoisotopic (exact) mass is 331 g/mol. The minimum Gasteiger partial charge on any atom is -0.490 e. The lowest BCUT2D eigenvalue weighted by atomic mass is 10.2. The van der Waals surface area contributed by atoms with Gasteiger partial charge in [0.15, 0.2) is 11.5 Å². The predicted molar refractivity (Wildman–Crippen MR) is 79.9 cm³/mol. The molecule has 1 unspecified atom stereocenters. The zero-order valence-corrected chi connectivity index (χ0v) is 13.3. The molecule has 0 spiro atoms. The van der Waals surface area contributed by atoms with Crippen molar-refractivity contribution >= 4 is 15.9 Å². The van der Waals surface area contributed by atoms with Crippen molar-refractivity contribution in [3.05, 3.63) is 22.2 Å². The Bertz CT molecular complexity index is 397. The Morgan fingerprint density at radius 3 is 2.63 bits per heavy atom. The molecule has 4 nitrogen and oxygen atoms in total. The van der Waals surface area contributed by atoms with Crippen LogP contribution in [0.2, 0.25) is 0 Å². The molecule has 0 aliphatic carbocycles. The standard InChI is InChI=1S/C14H22BrNO3/c1-4-16-8-11-6-12(15)14(19-9-10(3)17)13(7-11)18-5-2/h6-7,10,16-17H,4-5,8-9H2,1-3H3. The van der Waals surface area contributed by atoms with Crippen LogP contribution in [0.15, 0.2) is 16.6 Å². The molecule has 1 atom stereocenters. The molecule has 1 rings (SSSR count). The molecular formula is C14H22BrNO3. The second-order valence-electron chi connectivity index (χ2n) is 4.28. The Balaban J connectivity index is 2.93. The van der Waals surface area contributed by atoms with E-state index in [4.69, 9.17) is 9.47 Å². The van der Waals surface area contributed by atoms with Crippen molar-refractivity contribution in [3.8, 4) is 11.5 Å². The Hall–Kier alpha value is -0.780.